The smallest absolute Gasteiger partial charge is 0.274 e. The van der Waals surface area contributed by atoms with Gasteiger partial charge in [0.25, 0.3) is 5.69 Å². The molecule has 0 saturated heterocycles. The number of hydrogen-bond acceptors (Lipinski definition) is 4. The predicted octanol–water partition coefficient (Wildman–Crippen LogP) is 1.71. The average Bonchev–Trinajstić information content (AvgIpc) is 2.26. The Bertz CT molecular complexity index is 414. The lowest BCUT2D eigenvalue weighted by molar-refractivity contribution is -0.385. The van der Waals surface area contributed by atoms with Crippen LogP contribution < -0.4 is 0 Å². The first-order valence-corrected chi connectivity index (χ1v) is 4.29. The number of hydrogen-bond donors (Lipinski definition) is 0. The van der Waals surface area contributed by atoms with Gasteiger partial charge in [-0.2, -0.15) is 0 Å². The minimum absolute atomic E-state index is 0.174. The number of rotatable bonds is 4. The third-order valence-corrected chi connectivity index (χ3v) is 2.10. The van der Waals surface area contributed by atoms with Gasteiger partial charge in [-0.05, 0) is 0 Å². The van der Waals surface area contributed by atoms with Crippen molar-refractivity contribution in [1.29, 1.82) is 0 Å². The van der Waals surface area contributed by atoms with Crippen LogP contribution in [0, 0.1) is 10.1 Å². The van der Waals surface area contributed by atoms with E-state index in [2.05, 4.69) is 0 Å². The van der Waals surface area contributed by atoms with Crippen LogP contribution in [0.4, 0.5) is 5.69 Å². The average molecular weight is 207 g/mol. The first kappa shape index (κ1) is 11.0. The summed E-state index contributed by atoms with van der Waals surface area (Å²) in [6.45, 7) is 1.52. The van der Waals surface area contributed by atoms with Gasteiger partial charge in [0.15, 0.2) is 6.29 Å². The molecular formula is C10H9NO4. The lowest BCUT2D eigenvalue weighted by Crippen LogP contribution is -2.04. The van der Waals surface area contributed by atoms with E-state index in [0.717, 1.165) is 0 Å². The van der Waals surface area contributed by atoms with Gasteiger partial charge in [-0.1, -0.05) is 19.1 Å². The number of nitrogens with zero attached hydrogens (tertiary/aromatic N) is 1. The van der Waals surface area contributed by atoms with E-state index in [4.69, 9.17) is 0 Å². The van der Waals surface area contributed by atoms with Crippen molar-refractivity contribution in [2.75, 3.05) is 0 Å². The van der Waals surface area contributed by atoms with Gasteiger partial charge >= 0.3 is 0 Å². The van der Waals surface area contributed by atoms with E-state index >= 15 is 0 Å². The van der Waals surface area contributed by atoms with Crippen LogP contribution in [0.3, 0.4) is 0 Å². The van der Waals surface area contributed by atoms with Crippen molar-refractivity contribution in [3.05, 3.63) is 39.4 Å². The molecule has 1 aromatic rings. The topological polar surface area (TPSA) is 77.3 Å². The zero-order chi connectivity index (χ0) is 11.4. The summed E-state index contributed by atoms with van der Waals surface area (Å²) in [5.74, 6) is -0.660. The van der Waals surface area contributed by atoms with Crippen LogP contribution in [0.15, 0.2) is 18.2 Å². The fraction of sp³-hybridized carbons (Fsp3) is 0.200. The Morgan fingerprint density at radius 3 is 2.53 bits per heavy atom. The number of nitro groups is 1. The molecule has 1 aromatic carbocycles. The summed E-state index contributed by atoms with van der Waals surface area (Å²) < 4.78 is 0. The van der Waals surface area contributed by atoms with Crippen molar-refractivity contribution < 1.29 is 14.5 Å². The molecule has 0 saturated carbocycles. The number of carbonyl (C=O) groups is 2. The van der Waals surface area contributed by atoms with Crippen molar-refractivity contribution in [3.8, 4) is 0 Å². The number of aldehydes is 2. The quantitative estimate of drug-likeness (QED) is 0.427. The molecule has 0 bridgehead atoms. The Morgan fingerprint density at radius 1 is 1.40 bits per heavy atom. The first-order chi connectivity index (χ1) is 7.11. The third-order valence-electron chi connectivity index (χ3n) is 2.10. The summed E-state index contributed by atoms with van der Waals surface area (Å²) in [6.07, 6.45) is 1.09. The third kappa shape index (κ3) is 2.07. The minimum Gasteiger partial charge on any atom is -0.303 e. The molecule has 5 nitrogen and oxygen atoms in total. The highest BCUT2D eigenvalue weighted by atomic mass is 16.6. The van der Waals surface area contributed by atoms with E-state index < -0.39 is 10.8 Å². The van der Waals surface area contributed by atoms with Gasteiger partial charge < -0.3 is 4.79 Å². The van der Waals surface area contributed by atoms with Crippen LogP contribution in [-0.2, 0) is 4.79 Å². The van der Waals surface area contributed by atoms with E-state index in [1.54, 1.807) is 0 Å². The molecule has 5 heteroatoms. The molecule has 0 spiro atoms. The standard InChI is InChI=1S/C10H9NO4/c1-7(5-12)10-8(6-13)3-2-4-9(10)11(14)15/h2-7H,1H3. The van der Waals surface area contributed by atoms with Gasteiger partial charge in [-0.3, -0.25) is 14.9 Å². The van der Waals surface area contributed by atoms with E-state index in [1.807, 2.05) is 0 Å². The van der Waals surface area contributed by atoms with Gasteiger partial charge in [-0.25, -0.2) is 0 Å². The molecular weight excluding hydrogens is 198 g/mol. The maximum absolute atomic E-state index is 10.7. The molecule has 0 heterocycles. The second-order valence-corrected chi connectivity index (χ2v) is 3.08. The van der Waals surface area contributed by atoms with E-state index in [0.29, 0.717) is 12.6 Å². The molecule has 0 N–H and O–H groups in total. The summed E-state index contributed by atoms with van der Waals surface area (Å²) >= 11 is 0. The lowest BCUT2D eigenvalue weighted by atomic mass is 9.95. The SMILES string of the molecule is CC(C=O)c1c(C=O)cccc1[N+](=O)[O-]. The van der Waals surface area contributed by atoms with Crippen molar-refractivity contribution in [1.82, 2.24) is 0 Å². The van der Waals surface area contributed by atoms with Gasteiger partial charge in [-0.15, -0.1) is 0 Å². The van der Waals surface area contributed by atoms with Crippen molar-refractivity contribution in [2.24, 2.45) is 0 Å². The van der Waals surface area contributed by atoms with Gasteiger partial charge in [0.1, 0.15) is 6.29 Å². The summed E-state index contributed by atoms with van der Waals surface area (Å²) in [6, 6.07) is 4.15. The molecule has 0 amide bonds. The molecule has 0 radical (unpaired) electrons. The molecule has 0 aliphatic heterocycles. The van der Waals surface area contributed by atoms with Crippen LogP contribution in [-0.4, -0.2) is 17.5 Å². The Labute approximate surface area is 85.9 Å². The molecule has 1 atom stereocenters. The van der Waals surface area contributed by atoms with Crippen molar-refractivity contribution >= 4 is 18.3 Å². The molecule has 0 aliphatic rings. The zero-order valence-electron chi connectivity index (χ0n) is 8.04. The Balaban J connectivity index is 3.45. The van der Waals surface area contributed by atoms with E-state index in [1.165, 1.54) is 25.1 Å². The highest BCUT2D eigenvalue weighted by Gasteiger charge is 2.21. The Hall–Kier alpha value is -2.04. The fourth-order valence-corrected chi connectivity index (χ4v) is 1.40. The molecule has 0 fully saturated rings. The Kier molecular flexibility index (Phi) is 3.28. The fourth-order valence-electron chi connectivity index (χ4n) is 1.40. The van der Waals surface area contributed by atoms with Crippen molar-refractivity contribution in [3.63, 3.8) is 0 Å². The summed E-state index contributed by atoms with van der Waals surface area (Å²) in [4.78, 5) is 31.4. The predicted molar refractivity (Wildman–Crippen MR) is 53.0 cm³/mol. The van der Waals surface area contributed by atoms with Gasteiger partial charge in [0.05, 0.1) is 10.5 Å². The van der Waals surface area contributed by atoms with E-state index in [9.17, 15) is 19.7 Å². The second kappa shape index (κ2) is 4.45. The molecule has 1 unspecified atom stereocenters. The number of carbonyl (C=O) groups excluding carboxylic acids is 2. The highest BCUT2D eigenvalue weighted by molar-refractivity contribution is 5.83. The number of benzene rings is 1. The van der Waals surface area contributed by atoms with Crippen LogP contribution in [0.2, 0.25) is 0 Å². The molecule has 78 valence electrons. The normalized spacial score (nSPS) is 11.8. The zero-order valence-corrected chi connectivity index (χ0v) is 8.04. The molecule has 15 heavy (non-hydrogen) atoms. The van der Waals surface area contributed by atoms with Crippen molar-refractivity contribution in [2.45, 2.75) is 12.8 Å². The summed E-state index contributed by atoms with van der Waals surface area (Å²) in [5, 5.41) is 10.7. The molecule has 0 aliphatic carbocycles. The van der Waals surface area contributed by atoms with Crippen LogP contribution >= 0.6 is 0 Å². The van der Waals surface area contributed by atoms with Gasteiger partial charge in [0.2, 0.25) is 0 Å². The monoisotopic (exact) mass is 207 g/mol. The largest absolute Gasteiger partial charge is 0.303 e. The van der Waals surface area contributed by atoms with Crippen LogP contribution in [0.5, 0.6) is 0 Å². The lowest BCUT2D eigenvalue weighted by Gasteiger charge is -2.07. The van der Waals surface area contributed by atoms with Crippen LogP contribution in [0.25, 0.3) is 0 Å². The Morgan fingerprint density at radius 2 is 2.07 bits per heavy atom. The van der Waals surface area contributed by atoms with Gasteiger partial charge in [0, 0.05) is 17.5 Å². The number of nitro benzene ring substituents is 1. The molecule has 1 rings (SSSR count). The maximum Gasteiger partial charge on any atom is 0.274 e. The summed E-state index contributed by atoms with van der Waals surface area (Å²) in [7, 11) is 0. The second-order valence-electron chi connectivity index (χ2n) is 3.08. The minimum atomic E-state index is -0.660. The van der Waals surface area contributed by atoms with Crippen LogP contribution in [0.1, 0.15) is 28.8 Å². The maximum atomic E-state index is 10.7. The highest BCUT2D eigenvalue weighted by Crippen LogP contribution is 2.27. The first-order valence-electron chi connectivity index (χ1n) is 4.29. The summed E-state index contributed by atoms with van der Waals surface area (Å²) in [5.41, 5.74) is 0.163. The molecule has 0 aromatic heterocycles. The van der Waals surface area contributed by atoms with E-state index in [-0.39, 0.29) is 16.8 Å².